The Hall–Kier alpha value is -4.01. The van der Waals surface area contributed by atoms with Gasteiger partial charge in [-0.05, 0) is 34.7 Å². The summed E-state index contributed by atoms with van der Waals surface area (Å²) < 4.78 is 3.00. The van der Waals surface area contributed by atoms with Crippen LogP contribution >= 0.6 is 0 Å². The predicted molar refractivity (Wildman–Crippen MR) is 90.9 cm³/mol. The van der Waals surface area contributed by atoms with Gasteiger partial charge in [0.15, 0.2) is 22.8 Å². The maximum Gasteiger partial charge on any atom is 0.214 e. The summed E-state index contributed by atoms with van der Waals surface area (Å²) in [6.07, 6.45) is 1.56. The minimum Gasteiger partial charge on any atom is -0.287 e. The Kier molecular flexibility index (Phi) is 3.04. The van der Waals surface area contributed by atoms with Crippen LogP contribution < -0.4 is 0 Å². The summed E-state index contributed by atoms with van der Waals surface area (Å²) in [6.45, 7) is 0. The van der Waals surface area contributed by atoms with E-state index in [1.807, 2.05) is 24.3 Å². The molecule has 4 heterocycles. The fourth-order valence-electron chi connectivity index (χ4n) is 2.71. The largest absolute Gasteiger partial charge is 0.287 e. The molecule has 0 aliphatic heterocycles. The van der Waals surface area contributed by atoms with E-state index in [-0.39, 0.29) is 11.5 Å². The number of ketones is 1. The molecule has 0 fully saturated rings. The molecule has 0 saturated carbocycles. The number of tetrazole rings is 1. The van der Waals surface area contributed by atoms with E-state index in [9.17, 15) is 4.79 Å². The van der Waals surface area contributed by atoms with Crippen molar-refractivity contribution in [2.24, 2.45) is 0 Å². The molecule has 0 N–H and O–H groups in total. The second-order valence-corrected chi connectivity index (χ2v) is 5.61. The number of rotatable bonds is 3. The second kappa shape index (κ2) is 5.52. The summed E-state index contributed by atoms with van der Waals surface area (Å²) in [7, 11) is 0. The summed E-state index contributed by atoms with van der Waals surface area (Å²) in [5.74, 6) is 0.320. The Morgan fingerprint density at radius 3 is 2.62 bits per heavy atom. The molecule has 0 amide bonds. The van der Waals surface area contributed by atoms with Crippen LogP contribution in [0.3, 0.4) is 0 Å². The standard InChI is InChI=1S/C17H10N8O/c26-16(11-4-2-1-3-5-11)13-10-24(22-19-13)14-8-6-12-7-9-15-20-21-23-25(15)17(12)18-14/h1-10H. The van der Waals surface area contributed by atoms with Crippen LogP contribution in [0.4, 0.5) is 0 Å². The first-order valence-electron chi connectivity index (χ1n) is 7.80. The lowest BCUT2D eigenvalue weighted by Gasteiger charge is -2.02. The molecule has 5 rings (SSSR count). The number of aromatic nitrogens is 8. The van der Waals surface area contributed by atoms with Gasteiger partial charge in [0.1, 0.15) is 0 Å². The number of carbonyl (C=O) groups is 1. The van der Waals surface area contributed by atoms with E-state index in [1.54, 1.807) is 41.0 Å². The maximum absolute atomic E-state index is 12.5. The maximum atomic E-state index is 12.5. The SMILES string of the molecule is O=C(c1ccccc1)c1cn(-c2ccc3ccc4nnnn4c3n2)nn1. The molecule has 0 spiro atoms. The molecule has 9 heteroatoms. The van der Waals surface area contributed by atoms with Gasteiger partial charge in [-0.15, -0.1) is 10.2 Å². The first-order chi connectivity index (χ1) is 12.8. The van der Waals surface area contributed by atoms with Crippen molar-refractivity contribution >= 4 is 22.5 Å². The highest BCUT2D eigenvalue weighted by Crippen LogP contribution is 2.16. The zero-order chi connectivity index (χ0) is 17.5. The van der Waals surface area contributed by atoms with Gasteiger partial charge < -0.3 is 0 Å². The highest BCUT2D eigenvalue weighted by Gasteiger charge is 2.14. The molecule has 0 atom stereocenters. The average molecular weight is 342 g/mol. The molecule has 0 aliphatic carbocycles. The Balaban J connectivity index is 1.58. The van der Waals surface area contributed by atoms with Crippen molar-refractivity contribution < 1.29 is 4.79 Å². The molecule has 26 heavy (non-hydrogen) atoms. The van der Waals surface area contributed by atoms with Crippen molar-refractivity contribution in [1.82, 2.24) is 40.0 Å². The van der Waals surface area contributed by atoms with E-state index in [1.165, 1.54) is 4.68 Å². The molecule has 4 aromatic heterocycles. The van der Waals surface area contributed by atoms with Crippen molar-refractivity contribution in [1.29, 1.82) is 0 Å². The summed E-state index contributed by atoms with van der Waals surface area (Å²) in [5.41, 5.74) is 2.00. The monoisotopic (exact) mass is 342 g/mol. The number of hydrogen-bond acceptors (Lipinski definition) is 7. The minimum absolute atomic E-state index is 0.194. The Bertz CT molecular complexity index is 1260. The van der Waals surface area contributed by atoms with Crippen LogP contribution in [0.2, 0.25) is 0 Å². The van der Waals surface area contributed by atoms with E-state index in [0.29, 0.717) is 22.7 Å². The number of pyridine rings is 2. The number of hydrogen-bond donors (Lipinski definition) is 0. The van der Waals surface area contributed by atoms with Gasteiger partial charge in [-0.3, -0.25) is 4.79 Å². The summed E-state index contributed by atoms with van der Waals surface area (Å²) in [4.78, 5) is 17.0. The molecule has 0 saturated heterocycles. The van der Waals surface area contributed by atoms with Crippen molar-refractivity contribution in [2.45, 2.75) is 0 Å². The topological polar surface area (TPSA) is 104 Å². The van der Waals surface area contributed by atoms with Gasteiger partial charge >= 0.3 is 0 Å². The van der Waals surface area contributed by atoms with Crippen molar-refractivity contribution in [3.05, 3.63) is 72.1 Å². The second-order valence-electron chi connectivity index (χ2n) is 5.61. The average Bonchev–Trinajstić information content (AvgIpc) is 3.37. The molecule has 0 unspecified atom stereocenters. The number of benzene rings is 1. The minimum atomic E-state index is -0.194. The van der Waals surface area contributed by atoms with Crippen molar-refractivity contribution in [3.63, 3.8) is 0 Å². The van der Waals surface area contributed by atoms with Crippen LogP contribution in [0.1, 0.15) is 16.1 Å². The lowest BCUT2D eigenvalue weighted by molar-refractivity contribution is 0.103. The third-order valence-electron chi connectivity index (χ3n) is 3.99. The molecule has 0 bridgehead atoms. The van der Waals surface area contributed by atoms with E-state index in [2.05, 4.69) is 30.8 Å². The Labute approximate surface area is 145 Å². The number of fused-ring (bicyclic) bond motifs is 3. The lowest BCUT2D eigenvalue weighted by atomic mass is 10.1. The van der Waals surface area contributed by atoms with E-state index in [4.69, 9.17) is 0 Å². The van der Waals surface area contributed by atoms with Gasteiger partial charge in [0.2, 0.25) is 5.78 Å². The molecule has 124 valence electrons. The predicted octanol–water partition coefficient (Wildman–Crippen LogP) is 1.48. The van der Waals surface area contributed by atoms with E-state index >= 15 is 0 Å². The van der Waals surface area contributed by atoms with Gasteiger partial charge in [0, 0.05) is 10.9 Å². The quantitative estimate of drug-likeness (QED) is 0.457. The third-order valence-corrected chi connectivity index (χ3v) is 3.99. The third kappa shape index (κ3) is 2.22. The first kappa shape index (κ1) is 14.3. The van der Waals surface area contributed by atoms with Gasteiger partial charge in [-0.25, -0.2) is 9.67 Å². The summed E-state index contributed by atoms with van der Waals surface area (Å²) >= 11 is 0. The van der Waals surface area contributed by atoms with Crippen molar-refractivity contribution in [2.75, 3.05) is 0 Å². The highest BCUT2D eigenvalue weighted by molar-refractivity contribution is 6.07. The lowest BCUT2D eigenvalue weighted by Crippen LogP contribution is -2.02. The zero-order valence-corrected chi connectivity index (χ0v) is 13.3. The van der Waals surface area contributed by atoms with Gasteiger partial charge in [-0.1, -0.05) is 35.5 Å². The normalized spacial score (nSPS) is 11.2. The number of nitrogens with zero attached hydrogens (tertiary/aromatic N) is 8. The Morgan fingerprint density at radius 2 is 1.73 bits per heavy atom. The Morgan fingerprint density at radius 1 is 0.885 bits per heavy atom. The smallest absolute Gasteiger partial charge is 0.214 e. The summed E-state index contributed by atoms with van der Waals surface area (Å²) in [5, 5.41) is 20.4. The molecular formula is C17H10N8O. The van der Waals surface area contributed by atoms with Crippen LogP contribution in [-0.4, -0.2) is 45.8 Å². The van der Waals surface area contributed by atoms with Gasteiger partial charge in [0.25, 0.3) is 0 Å². The van der Waals surface area contributed by atoms with Gasteiger partial charge in [-0.2, -0.15) is 4.52 Å². The molecular weight excluding hydrogens is 332 g/mol. The molecule has 0 radical (unpaired) electrons. The molecule has 0 aliphatic rings. The van der Waals surface area contributed by atoms with Crippen LogP contribution in [0.15, 0.2) is 60.8 Å². The van der Waals surface area contributed by atoms with Crippen LogP contribution in [0, 0.1) is 0 Å². The zero-order valence-electron chi connectivity index (χ0n) is 13.3. The van der Waals surface area contributed by atoms with Crippen LogP contribution in [-0.2, 0) is 0 Å². The van der Waals surface area contributed by atoms with Crippen molar-refractivity contribution in [3.8, 4) is 5.82 Å². The fourth-order valence-corrected chi connectivity index (χ4v) is 2.71. The molecule has 1 aromatic carbocycles. The first-order valence-corrected chi connectivity index (χ1v) is 7.80. The van der Waals surface area contributed by atoms with Gasteiger partial charge in [0.05, 0.1) is 6.20 Å². The van der Waals surface area contributed by atoms with Crippen LogP contribution in [0.5, 0.6) is 0 Å². The molecule has 5 aromatic rings. The fraction of sp³-hybridized carbons (Fsp3) is 0. The van der Waals surface area contributed by atoms with Crippen LogP contribution in [0.25, 0.3) is 22.5 Å². The summed E-state index contributed by atoms with van der Waals surface area (Å²) in [6, 6.07) is 16.3. The number of carbonyl (C=O) groups excluding carboxylic acids is 1. The van der Waals surface area contributed by atoms with E-state index < -0.39 is 0 Å². The highest BCUT2D eigenvalue weighted by atomic mass is 16.1. The van der Waals surface area contributed by atoms with E-state index in [0.717, 1.165) is 5.39 Å². The molecule has 9 nitrogen and oxygen atoms in total.